The molecule has 0 aliphatic heterocycles. The topological polar surface area (TPSA) is 69.2 Å². The molecule has 0 unspecified atom stereocenters. The number of rotatable bonds is 7. The summed E-state index contributed by atoms with van der Waals surface area (Å²) in [6.45, 7) is 1.11. The third kappa shape index (κ3) is 3.57. The normalized spacial score (nSPS) is 14.8. The summed E-state index contributed by atoms with van der Waals surface area (Å²) in [4.78, 5) is 20.9. The van der Waals surface area contributed by atoms with Crippen LogP contribution in [0.2, 0.25) is 0 Å². The summed E-state index contributed by atoms with van der Waals surface area (Å²) in [7, 11) is 1.96. The summed E-state index contributed by atoms with van der Waals surface area (Å²) in [6.07, 6.45) is 5.10. The van der Waals surface area contributed by atoms with Crippen LogP contribution in [0.4, 0.5) is 5.82 Å². The molecular formula is C13H21N3O2. The molecule has 0 bridgehead atoms. The van der Waals surface area contributed by atoms with Gasteiger partial charge in [0.1, 0.15) is 11.6 Å². The summed E-state index contributed by atoms with van der Waals surface area (Å²) in [6, 6.07) is 1.55. The number of aromatic nitrogens is 2. The average Bonchev–Trinajstić information content (AvgIpc) is 3.18. The van der Waals surface area contributed by atoms with Gasteiger partial charge in [0.25, 0.3) is 5.56 Å². The van der Waals surface area contributed by atoms with E-state index >= 15 is 0 Å². The van der Waals surface area contributed by atoms with Crippen LogP contribution in [0.15, 0.2) is 10.9 Å². The highest BCUT2D eigenvalue weighted by molar-refractivity contribution is 5.36. The van der Waals surface area contributed by atoms with E-state index < -0.39 is 0 Å². The van der Waals surface area contributed by atoms with E-state index in [0.717, 1.165) is 50.3 Å². The molecule has 0 radical (unpaired) electrons. The molecule has 1 aliphatic carbocycles. The van der Waals surface area contributed by atoms with E-state index in [9.17, 15) is 4.79 Å². The number of hydrogen-bond donors (Lipinski definition) is 2. The van der Waals surface area contributed by atoms with Crippen LogP contribution in [-0.4, -0.2) is 35.3 Å². The van der Waals surface area contributed by atoms with Crippen molar-refractivity contribution in [2.45, 2.75) is 38.0 Å². The largest absolute Gasteiger partial charge is 0.396 e. The summed E-state index contributed by atoms with van der Waals surface area (Å²) in [5.74, 6) is 2.05. The molecule has 1 saturated carbocycles. The molecule has 1 aromatic rings. The first kappa shape index (κ1) is 13.1. The second-order valence-electron chi connectivity index (χ2n) is 4.97. The first-order valence-corrected chi connectivity index (χ1v) is 6.64. The van der Waals surface area contributed by atoms with Crippen LogP contribution < -0.4 is 10.5 Å². The number of unbranched alkanes of at least 4 members (excludes halogenated alkanes) is 2. The predicted octanol–water partition coefficient (Wildman–Crippen LogP) is 1.25. The second kappa shape index (κ2) is 6.00. The van der Waals surface area contributed by atoms with Gasteiger partial charge in [-0.3, -0.25) is 4.79 Å². The van der Waals surface area contributed by atoms with Gasteiger partial charge in [0, 0.05) is 32.2 Å². The van der Waals surface area contributed by atoms with Gasteiger partial charge >= 0.3 is 0 Å². The van der Waals surface area contributed by atoms with Crippen molar-refractivity contribution in [3.05, 3.63) is 22.2 Å². The van der Waals surface area contributed by atoms with Crippen LogP contribution in [0.5, 0.6) is 0 Å². The number of H-pyrrole nitrogens is 1. The van der Waals surface area contributed by atoms with Gasteiger partial charge in [-0.2, -0.15) is 0 Å². The minimum atomic E-state index is -0.0656. The Morgan fingerprint density at radius 1 is 1.44 bits per heavy atom. The van der Waals surface area contributed by atoms with Gasteiger partial charge in [-0.25, -0.2) is 4.98 Å². The van der Waals surface area contributed by atoms with Crippen LogP contribution >= 0.6 is 0 Å². The van der Waals surface area contributed by atoms with E-state index in [-0.39, 0.29) is 12.2 Å². The molecule has 0 atom stereocenters. The zero-order chi connectivity index (χ0) is 13.0. The molecule has 1 fully saturated rings. The fourth-order valence-electron chi connectivity index (χ4n) is 1.96. The Bertz CT molecular complexity index is 440. The van der Waals surface area contributed by atoms with E-state index in [1.54, 1.807) is 6.07 Å². The van der Waals surface area contributed by atoms with Crippen LogP contribution in [0.3, 0.4) is 0 Å². The van der Waals surface area contributed by atoms with Crippen molar-refractivity contribution in [3.8, 4) is 0 Å². The van der Waals surface area contributed by atoms with Crippen molar-refractivity contribution < 1.29 is 5.11 Å². The molecule has 1 heterocycles. The monoisotopic (exact) mass is 251 g/mol. The maximum Gasteiger partial charge on any atom is 0.252 e. The van der Waals surface area contributed by atoms with Gasteiger partial charge in [-0.1, -0.05) is 0 Å². The highest BCUT2D eigenvalue weighted by Gasteiger charge is 2.26. The first-order valence-electron chi connectivity index (χ1n) is 6.64. The van der Waals surface area contributed by atoms with Crippen molar-refractivity contribution >= 4 is 5.82 Å². The lowest BCUT2D eigenvalue weighted by atomic mass is 10.2. The zero-order valence-corrected chi connectivity index (χ0v) is 10.9. The van der Waals surface area contributed by atoms with E-state index in [1.807, 2.05) is 11.9 Å². The quantitative estimate of drug-likeness (QED) is 0.715. The number of aliphatic hydroxyl groups excluding tert-OH is 1. The summed E-state index contributed by atoms with van der Waals surface area (Å²) in [5.41, 5.74) is -0.0656. The van der Waals surface area contributed by atoms with E-state index in [2.05, 4.69) is 9.97 Å². The molecule has 0 aromatic carbocycles. The van der Waals surface area contributed by atoms with Crippen LogP contribution in [0.25, 0.3) is 0 Å². The number of hydrogen-bond acceptors (Lipinski definition) is 4. The van der Waals surface area contributed by atoms with Gasteiger partial charge in [-0.15, -0.1) is 0 Å². The van der Waals surface area contributed by atoms with Crippen molar-refractivity contribution in [2.75, 3.05) is 25.1 Å². The van der Waals surface area contributed by atoms with E-state index in [4.69, 9.17) is 5.11 Å². The fourth-order valence-corrected chi connectivity index (χ4v) is 1.96. The maximum atomic E-state index is 11.6. The number of aliphatic hydroxyl groups is 1. The fraction of sp³-hybridized carbons (Fsp3) is 0.692. The lowest BCUT2D eigenvalue weighted by molar-refractivity contribution is 0.283. The van der Waals surface area contributed by atoms with Crippen LogP contribution in [0, 0.1) is 0 Å². The van der Waals surface area contributed by atoms with Crippen molar-refractivity contribution in [2.24, 2.45) is 0 Å². The highest BCUT2D eigenvalue weighted by atomic mass is 16.2. The van der Waals surface area contributed by atoms with Crippen LogP contribution in [-0.2, 0) is 0 Å². The molecule has 2 N–H and O–H groups in total. The Hall–Kier alpha value is -1.36. The van der Waals surface area contributed by atoms with Crippen molar-refractivity contribution in [3.63, 3.8) is 0 Å². The van der Waals surface area contributed by atoms with Crippen molar-refractivity contribution in [1.82, 2.24) is 9.97 Å². The summed E-state index contributed by atoms with van der Waals surface area (Å²) >= 11 is 0. The molecule has 5 nitrogen and oxygen atoms in total. The zero-order valence-electron chi connectivity index (χ0n) is 10.9. The molecule has 1 aliphatic rings. The van der Waals surface area contributed by atoms with E-state index in [0.29, 0.717) is 5.92 Å². The minimum Gasteiger partial charge on any atom is -0.396 e. The molecule has 18 heavy (non-hydrogen) atoms. The molecule has 5 heteroatoms. The first-order chi connectivity index (χ1) is 8.70. The van der Waals surface area contributed by atoms with Gasteiger partial charge < -0.3 is 15.0 Å². The number of nitrogens with one attached hydrogen (secondary N) is 1. The van der Waals surface area contributed by atoms with Gasteiger partial charge in [0.05, 0.1) is 0 Å². The maximum absolute atomic E-state index is 11.6. The summed E-state index contributed by atoms with van der Waals surface area (Å²) < 4.78 is 0. The molecule has 0 saturated heterocycles. The lowest BCUT2D eigenvalue weighted by Crippen LogP contribution is -2.23. The molecule has 1 aromatic heterocycles. The van der Waals surface area contributed by atoms with Gasteiger partial charge in [-0.05, 0) is 32.1 Å². The number of nitrogens with zero attached hydrogens (tertiary/aromatic N) is 2. The van der Waals surface area contributed by atoms with Gasteiger partial charge in [0.15, 0.2) is 0 Å². The Labute approximate surface area is 107 Å². The SMILES string of the molecule is CN(CCCCCO)c1cc(=O)[nH]c(C2CC2)n1. The third-order valence-corrected chi connectivity index (χ3v) is 3.25. The van der Waals surface area contributed by atoms with E-state index in [1.165, 1.54) is 0 Å². The average molecular weight is 251 g/mol. The molecule has 0 amide bonds. The number of anilines is 1. The molecule has 100 valence electrons. The Morgan fingerprint density at radius 2 is 2.22 bits per heavy atom. The standard InChI is InChI=1S/C13H21N3O2/c1-16(7-3-2-4-8-17)11-9-12(18)15-13(14-11)10-5-6-10/h9-10,17H,2-8H2,1H3,(H,14,15,18). The second-order valence-corrected chi connectivity index (χ2v) is 4.97. The predicted molar refractivity (Wildman–Crippen MR) is 71.0 cm³/mol. The Kier molecular flexibility index (Phi) is 4.36. The molecule has 0 spiro atoms. The molecular weight excluding hydrogens is 230 g/mol. The highest BCUT2D eigenvalue weighted by Crippen LogP contribution is 2.37. The van der Waals surface area contributed by atoms with Crippen molar-refractivity contribution in [1.29, 1.82) is 0 Å². The molecule has 2 rings (SSSR count). The smallest absolute Gasteiger partial charge is 0.252 e. The minimum absolute atomic E-state index is 0.0656. The number of aromatic amines is 1. The third-order valence-electron chi connectivity index (χ3n) is 3.25. The lowest BCUT2D eigenvalue weighted by Gasteiger charge is -2.18. The Morgan fingerprint density at radius 3 is 2.89 bits per heavy atom. The Balaban J connectivity index is 1.96. The van der Waals surface area contributed by atoms with Crippen LogP contribution in [0.1, 0.15) is 43.8 Å². The summed E-state index contributed by atoms with van der Waals surface area (Å²) in [5, 5.41) is 8.72. The van der Waals surface area contributed by atoms with Gasteiger partial charge in [0.2, 0.25) is 0 Å².